The van der Waals surface area contributed by atoms with Crippen LogP contribution in [0.1, 0.15) is 18.1 Å². The van der Waals surface area contributed by atoms with Crippen LogP contribution in [0.25, 0.3) is 0 Å². The zero-order valence-electron chi connectivity index (χ0n) is 17.3. The van der Waals surface area contributed by atoms with Crippen LogP contribution in [0.3, 0.4) is 0 Å². The number of hydrogen-bond acceptors (Lipinski definition) is 6. The molecule has 1 unspecified atom stereocenters. The lowest BCUT2D eigenvalue weighted by molar-refractivity contribution is -0.384. The van der Waals surface area contributed by atoms with Crippen molar-refractivity contribution in [2.45, 2.75) is 26.8 Å². The maximum absolute atomic E-state index is 12.5. The van der Waals surface area contributed by atoms with E-state index in [9.17, 15) is 23.3 Å². The lowest BCUT2D eigenvalue weighted by Crippen LogP contribution is -2.48. The number of ether oxygens (including phenoxy) is 1. The number of amides is 1. The number of hydrogen-bond donors (Lipinski definition) is 1. The van der Waals surface area contributed by atoms with E-state index in [-0.39, 0.29) is 24.5 Å². The fraction of sp³-hybridized carbons (Fsp3) is 0.350. The van der Waals surface area contributed by atoms with Crippen LogP contribution in [-0.2, 0) is 14.8 Å². The summed E-state index contributed by atoms with van der Waals surface area (Å²) in [5.41, 5.74) is 1.79. The van der Waals surface area contributed by atoms with Crippen LogP contribution in [0.15, 0.2) is 42.5 Å². The summed E-state index contributed by atoms with van der Waals surface area (Å²) in [4.78, 5) is 22.9. The first kappa shape index (κ1) is 23.1. The molecule has 0 aliphatic carbocycles. The van der Waals surface area contributed by atoms with Gasteiger partial charge in [-0.3, -0.25) is 19.2 Å². The first-order valence-corrected chi connectivity index (χ1v) is 11.1. The van der Waals surface area contributed by atoms with Gasteiger partial charge < -0.3 is 10.1 Å². The zero-order chi connectivity index (χ0) is 22.5. The van der Waals surface area contributed by atoms with Crippen molar-refractivity contribution in [3.8, 4) is 5.75 Å². The number of nitro groups is 1. The van der Waals surface area contributed by atoms with E-state index in [4.69, 9.17) is 4.74 Å². The minimum absolute atomic E-state index is 0.0426. The number of rotatable bonds is 9. The van der Waals surface area contributed by atoms with E-state index >= 15 is 0 Å². The SMILES string of the molecule is Cc1ccc(C)c(OCCNC(=O)C(C)N(c2cccc([N+](=O)[O-])c2)S(C)(=O)=O)c1. The molecule has 30 heavy (non-hydrogen) atoms. The summed E-state index contributed by atoms with van der Waals surface area (Å²) in [6.45, 7) is 5.66. The molecule has 1 amide bonds. The lowest BCUT2D eigenvalue weighted by atomic mass is 10.1. The second kappa shape index (κ2) is 9.57. The number of nitro benzene ring substituents is 1. The van der Waals surface area contributed by atoms with Gasteiger partial charge in [0.25, 0.3) is 5.69 Å². The predicted octanol–water partition coefficient (Wildman–Crippen LogP) is 2.56. The van der Waals surface area contributed by atoms with Crippen LogP contribution >= 0.6 is 0 Å². The molecule has 2 aromatic carbocycles. The number of anilines is 1. The molecule has 9 nitrogen and oxygen atoms in total. The van der Waals surface area contributed by atoms with Crippen molar-refractivity contribution in [1.82, 2.24) is 5.32 Å². The van der Waals surface area contributed by atoms with Crippen LogP contribution in [-0.4, -0.2) is 44.7 Å². The molecule has 1 atom stereocenters. The van der Waals surface area contributed by atoms with Gasteiger partial charge in [0, 0.05) is 12.1 Å². The highest BCUT2D eigenvalue weighted by Crippen LogP contribution is 2.25. The third-order valence-electron chi connectivity index (χ3n) is 4.39. The van der Waals surface area contributed by atoms with Gasteiger partial charge in [-0.05, 0) is 44.0 Å². The van der Waals surface area contributed by atoms with Crippen LogP contribution in [0.2, 0.25) is 0 Å². The standard InChI is InChI=1S/C20H25N3O6S/c1-14-8-9-15(2)19(12-14)29-11-10-21-20(24)16(3)22(30(4,27)28)17-6-5-7-18(13-17)23(25)26/h5-9,12-13,16H,10-11H2,1-4H3,(H,21,24). The molecule has 0 heterocycles. The largest absolute Gasteiger partial charge is 0.491 e. The molecule has 0 aromatic heterocycles. The summed E-state index contributed by atoms with van der Waals surface area (Å²) in [5.74, 6) is 0.170. The molecule has 10 heteroatoms. The highest BCUT2D eigenvalue weighted by molar-refractivity contribution is 7.92. The number of sulfonamides is 1. The molecule has 2 rings (SSSR count). The second-order valence-electron chi connectivity index (χ2n) is 6.92. The molecule has 0 bridgehead atoms. The van der Waals surface area contributed by atoms with Crippen molar-refractivity contribution >= 4 is 27.3 Å². The number of carbonyl (C=O) groups is 1. The number of aryl methyl sites for hydroxylation is 2. The van der Waals surface area contributed by atoms with E-state index < -0.39 is 26.9 Å². The molecule has 162 valence electrons. The molecule has 2 aromatic rings. The topological polar surface area (TPSA) is 119 Å². The second-order valence-corrected chi connectivity index (χ2v) is 8.78. The van der Waals surface area contributed by atoms with Gasteiger partial charge in [0.15, 0.2) is 0 Å². The Morgan fingerprint density at radius 2 is 1.93 bits per heavy atom. The van der Waals surface area contributed by atoms with Crippen molar-refractivity contribution < 1.29 is 22.9 Å². The molecular formula is C20H25N3O6S. The average molecular weight is 436 g/mol. The van der Waals surface area contributed by atoms with Crippen LogP contribution in [0.4, 0.5) is 11.4 Å². The van der Waals surface area contributed by atoms with Crippen LogP contribution in [0, 0.1) is 24.0 Å². The molecule has 0 radical (unpaired) electrons. The van der Waals surface area contributed by atoms with Gasteiger partial charge in [0.05, 0.1) is 23.4 Å². The van der Waals surface area contributed by atoms with Gasteiger partial charge in [-0.2, -0.15) is 0 Å². The van der Waals surface area contributed by atoms with Gasteiger partial charge in [-0.25, -0.2) is 8.42 Å². The number of benzene rings is 2. The quantitative estimate of drug-likeness (QED) is 0.367. The van der Waals surface area contributed by atoms with Crippen molar-refractivity contribution in [2.24, 2.45) is 0 Å². The smallest absolute Gasteiger partial charge is 0.271 e. The number of non-ortho nitro benzene ring substituents is 1. The Hall–Kier alpha value is -3.14. The average Bonchev–Trinajstić information content (AvgIpc) is 2.66. The Balaban J connectivity index is 2.06. The molecule has 0 spiro atoms. The van der Waals surface area contributed by atoms with Gasteiger partial charge in [0.1, 0.15) is 18.4 Å². The number of nitrogens with zero attached hydrogens (tertiary/aromatic N) is 2. The molecule has 0 saturated heterocycles. The van der Waals surface area contributed by atoms with Crippen LogP contribution in [0.5, 0.6) is 5.75 Å². The summed E-state index contributed by atoms with van der Waals surface area (Å²) < 4.78 is 31.1. The lowest BCUT2D eigenvalue weighted by Gasteiger charge is -2.28. The van der Waals surface area contributed by atoms with Gasteiger partial charge in [0.2, 0.25) is 15.9 Å². The molecule has 0 aliphatic heterocycles. The van der Waals surface area contributed by atoms with E-state index in [0.717, 1.165) is 27.8 Å². The van der Waals surface area contributed by atoms with Gasteiger partial charge in [-0.1, -0.05) is 18.2 Å². The highest BCUT2D eigenvalue weighted by Gasteiger charge is 2.29. The minimum atomic E-state index is -3.87. The van der Waals surface area contributed by atoms with E-state index in [1.807, 2.05) is 32.0 Å². The first-order valence-electron chi connectivity index (χ1n) is 9.22. The van der Waals surface area contributed by atoms with Gasteiger partial charge in [-0.15, -0.1) is 0 Å². The van der Waals surface area contributed by atoms with Crippen LogP contribution < -0.4 is 14.4 Å². The van der Waals surface area contributed by atoms with Crippen molar-refractivity contribution in [2.75, 3.05) is 23.7 Å². The van der Waals surface area contributed by atoms with E-state index in [2.05, 4.69) is 5.32 Å². The van der Waals surface area contributed by atoms with Crippen molar-refractivity contribution in [1.29, 1.82) is 0 Å². The van der Waals surface area contributed by atoms with Gasteiger partial charge >= 0.3 is 0 Å². The Labute approximate surface area is 175 Å². The van der Waals surface area contributed by atoms with Crippen molar-refractivity contribution in [3.05, 3.63) is 63.7 Å². The third-order valence-corrected chi connectivity index (χ3v) is 5.63. The molecule has 0 saturated carbocycles. The monoisotopic (exact) mass is 435 g/mol. The maximum Gasteiger partial charge on any atom is 0.271 e. The molecular weight excluding hydrogens is 410 g/mol. The van der Waals surface area contributed by atoms with E-state index in [0.29, 0.717) is 5.75 Å². The summed E-state index contributed by atoms with van der Waals surface area (Å²) in [5, 5.41) is 13.7. The van der Waals surface area contributed by atoms with E-state index in [1.165, 1.54) is 25.1 Å². The summed E-state index contributed by atoms with van der Waals surface area (Å²) >= 11 is 0. The first-order chi connectivity index (χ1) is 14.0. The third kappa shape index (κ3) is 5.93. The highest BCUT2D eigenvalue weighted by atomic mass is 32.2. The minimum Gasteiger partial charge on any atom is -0.491 e. The predicted molar refractivity (Wildman–Crippen MR) is 114 cm³/mol. The fourth-order valence-corrected chi connectivity index (χ4v) is 4.06. The molecule has 0 aliphatic rings. The maximum atomic E-state index is 12.5. The number of carbonyl (C=O) groups excluding carboxylic acids is 1. The molecule has 0 fully saturated rings. The Morgan fingerprint density at radius 1 is 1.23 bits per heavy atom. The Bertz CT molecular complexity index is 1040. The fourth-order valence-electron chi connectivity index (χ4n) is 2.90. The Kier molecular flexibility index (Phi) is 7.38. The number of nitrogens with one attached hydrogen (secondary N) is 1. The summed E-state index contributed by atoms with van der Waals surface area (Å²) in [6.07, 6.45) is 0.944. The molecule has 1 N–H and O–H groups in total. The Morgan fingerprint density at radius 3 is 2.57 bits per heavy atom. The normalized spacial score (nSPS) is 12.1. The van der Waals surface area contributed by atoms with Crippen molar-refractivity contribution in [3.63, 3.8) is 0 Å². The summed E-state index contributed by atoms with van der Waals surface area (Å²) in [7, 11) is -3.87. The zero-order valence-corrected chi connectivity index (χ0v) is 18.1. The summed E-state index contributed by atoms with van der Waals surface area (Å²) in [6, 6.07) is 9.84. The van der Waals surface area contributed by atoms with E-state index in [1.54, 1.807) is 0 Å².